The summed E-state index contributed by atoms with van der Waals surface area (Å²) in [6, 6.07) is 9.49. The summed E-state index contributed by atoms with van der Waals surface area (Å²) in [4.78, 5) is 8.31. The van der Waals surface area contributed by atoms with Gasteiger partial charge in [-0.05, 0) is 41.8 Å². The van der Waals surface area contributed by atoms with Crippen molar-refractivity contribution in [2.45, 2.75) is 6.92 Å². The van der Waals surface area contributed by atoms with E-state index in [1.165, 1.54) is 0 Å². The maximum absolute atomic E-state index is 6.21. The van der Waals surface area contributed by atoms with Gasteiger partial charge in [-0.1, -0.05) is 23.7 Å². The summed E-state index contributed by atoms with van der Waals surface area (Å²) in [6.45, 7) is 1.97. The highest BCUT2D eigenvalue weighted by molar-refractivity contribution is 6.32. The second-order valence-electron chi connectivity index (χ2n) is 4.64. The van der Waals surface area contributed by atoms with Gasteiger partial charge in [0, 0.05) is 22.3 Å². The second kappa shape index (κ2) is 4.65. The van der Waals surface area contributed by atoms with Gasteiger partial charge < -0.3 is 11.5 Å². The van der Waals surface area contributed by atoms with E-state index in [4.69, 9.17) is 23.1 Å². The van der Waals surface area contributed by atoms with Crippen LogP contribution < -0.4 is 11.5 Å². The molecule has 3 aromatic rings. The Balaban J connectivity index is 2.35. The summed E-state index contributed by atoms with van der Waals surface area (Å²) in [5.41, 5.74) is 15.9. The molecule has 100 valence electrons. The maximum atomic E-state index is 6.21. The van der Waals surface area contributed by atoms with E-state index >= 15 is 0 Å². The highest BCUT2D eigenvalue weighted by Gasteiger charge is 2.11. The van der Waals surface area contributed by atoms with E-state index in [0.717, 1.165) is 27.6 Å². The van der Waals surface area contributed by atoms with E-state index in [1.54, 1.807) is 12.3 Å². The summed E-state index contributed by atoms with van der Waals surface area (Å²) in [7, 11) is 0. The molecule has 0 saturated carbocycles. The first-order chi connectivity index (χ1) is 9.56. The third-order valence-corrected chi connectivity index (χ3v) is 3.69. The number of anilines is 2. The topological polar surface area (TPSA) is 77.8 Å². The summed E-state index contributed by atoms with van der Waals surface area (Å²) < 4.78 is 0. The lowest BCUT2D eigenvalue weighted by molar-refractivity contribution is 1.24. The van der Waals surface area contributed by atoms with Crippen LogP contribution >= 0.6 is 11.6 Å². The van der Waals surface area contributed by atoms with Crippen LogP contribution in [-0.4, -0.2) is 9.97 Å². The minimum atomic E-state index is 0.261. The fourth-order valence-electron chi connectivity index (χ4n) is 2.28. The average molecular weight is 285 g/mol. The van der Waals surface area contributed by atoms with Crippen LogP contribution in [-0.2, 0) is 0 Å². The van der Waals surface area contributed by atoms with Crippen LogP contribution in [0.15, 0.2) is 36.5 Å². The highest BCUT2D eigenvalue weighted by atomic mass is 35.5. The van der Waals surface area contributed by atoms with Crippen molar-refractivity contribution >= 4 is 34.1 Å². The van der Waals surface area contributed by atoms with Gasteiger partial charge in [-0.3, -0.25) is 0 Å². The van der Waals surface area contributed by atoms with Gasteiger partial charge in [0.25, 0.3) is 0 Å². The zero-order valence-electron chi connectivity index (χ0n) is 10.9. The molecule has 0 radical (unpaired) electrons. The van der Waals surface area contributed by atoms with Crippen molar-refractivity contribution in [1.82, 2.24) is 9.97 Å². The zero-order chi connectivity index (χ0) is 14.3. The van der Waals surface area contributed by atoms with E-state index < -0.39 is 0 Å². The van der Waals surface area contributed by atoms with E-state index in [2.05, 4.69) is 9.97 Å². The molecule has 4 N–H and O–H groups in total. The Bertz CT molecular complexity index is 814. The molecule has 2 aromatic carbocycles. The molecular formula is C15H13ClN4. The van der Waals surface area contributed by atoms with Crippen molar-refractivity contribution in [3.8, 4) is 11.1 Å². The predicted molar refractivity (Wildman–Crippen MR) is 83.5 cm³/mol. The molecule has 3 rings (SSSR count). The number of nitrogens with two attached hydrogens (primary N) is 2. The number of hydrogen-bond donors (Lipinski definition) is 2. The number of nitrogens with zero attached hydrogens (tertiary/aromatic N) is 2. The van der Waals surface area contributed by atoms with Gasteiger partial charge in [-0.2, -0.15) is 0 Å². The van der Waals surface area contributed by atoms with Gasteiger partial charge in [0.15, 0.2) is 0 Å². The van der Waals surface area contributed by atoms with Crippen molar-refractivity contribution in [3.63, 3.8) is 0 Å². The molecule has 0 aliphatic rings. The Labute approximate surface area is 121 Å². The van der Waals surface area contributed by atoms with Gasteiger partial charge in [0.05, 0.1) is 5.52 Å². The number of rotatable bonds is 1. The number of hydrogen-bond acceptors (Lipinski definition) is 4. The largest absolute Gasteiger partial charge is 0.399 e. The summed E-state index contributed by atoms with van der Waals surface area (Å²) in [5, 5.41) is 1.57. The van der Waals surface area contributed by atoms with Crippen LogP contribution in [0.25, 0.3) is 22.0 Å². The molecule has 0 aliphatic carbocycles. The number of halogens is 1. The van der Waals surface area contributed by atoms with Gasteiger partial charge in [0.2, 0.25) is 5.95 Å². The molecule has 1 heterocycles. The maximum Gasteiger partial charge on any atom is 0.220 e. The van der Waals surface area contributed by atoms with Crippen molar-refractivity contribution in [3.05, 3.63) is 47.1 Å². The lowest BCUT2D eigenvalue weighted by Gasteiger charge is -2.12. The average Bonchev–Trinajstić information content (AvgIpc) is 2.42. The van der Waals surface area contributed by atoms with Gasteiger partial charge in [-0.15, -0.1) is 0 Å². The Morgan fingerprint density at radius 3 is 2.70 bits per heavy atom. The Hall–Kier alpha value is -2.33. The van der Waals surface area contributed by atoms with Crippen LogP contribution in [0.2, 0.25) is 5.02 Å². The summed E-state index contributed by atoms with van der Waals surface area (Å²) in [6.07, 6.45) is 1.73. The Kier molecular flexibility index (Phi) is 2.95. The third-order valence-electron chi connectivity index (χ3n) is 3.30. The number of nitrogen functional groups attached to an aromatic ring is 2. The lowest BCUT2D eigenvalue weighted by Crippen LogP contribution is -1.96. The molecule has 0 aliphatic heterocycles. The first-order valence-corrected chi connectivity index (χ1v) is 6.51. The van der Waals surface area contributed by atoms with Gasteiger partial charge in [-0.25, -0.2) is 9.97 Å². The molecule has 0 bridgehead atoms. The summed E-state index contributed by atoms with van der Waals surface area (Å²) in [5.74, 6) is 0.261. The van der Waals surface area contributed by atoms with Crippen LogP contribution in [0.3, 0.4) is 0 Å². The number of aromatic nitrogens is 2. The van der Waals surface area contributed by atoms with Crippen LogP contribution in [0.4, 0.5) is 11.6 Å². The van der Waals surface area contributed by atoms with E-state index in [-0.39, 0.29) is 5.95 Å². The molecule has 0 fully saturated rings. The molecule has 20 heavy (non-hydrogen) atoms. The molecule has 4 nitrogen and oxygen atoms in total. The molecule has 0 atom stereocenters. The van der Waals surface area contributed by atoms with Gasteiger partial charge >= 0.3 is 0 Å². The van der Waals surface area contributed by atoms with Gasteiger partial charge in [0.1, 0.15) is 0 Å². The van der Waals surface area contributed by atoms with Crippen LogP contribution in [0.5, 0.6) is 0 Å². The molecule has 5 heteroatoms. The van der Waals surface area contributed by atoms with E-state index in [0.29, 0.717) is 10.7 Å². The molecule has 0 amide bonds. The standard InChI is InChI=1S/C15H13ClN4/c1-8-11(5-9(17)6-13(8)16)10-3-2-4-14-12(10)7-19-15(18)20-14/h2-7H,17H2,1H3,(H2,18,19,20). The predicted octanol–water partition coefficient (Wildman–Crippen LogP) is 3.42. The van der Waals surface area contributed by atoms with Crippen LogP contribution in [0.1, 0.15) is 5.56 Å². The first-order valence-electron chi connectivity index (χ1n) is 6.13. The quantitative estimate of drug-likeness (QED) is 0.671. The second-order valence-corrected chi connectivity index (χ2v) is 5.05. The first kappa shape index (κ1) is 12.7. The monoisotopic (exact) mass is 284 g/mol. The fourth-order valence-corrected chi connectivity index (χ4v) is 2.51. The molecule has 0 spiro atoms. The van der Waals surface area contributed by atoms with E-state index in [1.807, 2.05) is 31.2 Å². The Morgan fingerprint density at radius 1 is 1.10 bits per heavy atom. The smallest absolute Gasteiger partial charge is 0.220 e. The number of fused-ring (bicyclic) bond motifs is 1. The van der Waals surface area contributed by atoms with E-state index in [9.17, 15) is 0 Å². The summed E-state index contributed by atoms with van der Waals surface area (Å²) >= 11 is 6.21. The molecular weight excluding hydrogens is 272 g/mol. The number of benzene rings is 2. The molecule has 1 aromatic heterocycles. The lowest BCUT2D eigenvalue weighted by atomic mass is 9.97. The van der Waals surface area contributed by atoms with Crippen molar-refractivity contribution in [2.24, 2.45) is 0 Å². The van der Waals surface area contributed by atoms with Crippen molar-refractivity contribution in [1.29, 1.82) is 0 Å². The minimum absolute atomic E-state index is 0.261. The third kappa shape index (κ3) is 2.04. The Morgan fingerprint density at radius 2 is 1.90 bits per heavy atom. The highest BCUT2D eigenvalue weighted by Crippen LogP contribution is 2.34. The molecule has 0 unspecified atom stereocenters. The van der Waals surface area contributed by atoms with Crippen LogP contribution in [0, 0.1) is 6.92 Å². The fraction of sp³-hybridized carbons (Fsp3) is 0.0667. The normalized spacial score (nSPS) is 10.9. The SMILES string of the molecule is Cc1c(Cl)cc(N)cc1-c1cccc2nc(N)ncc12. The molecule has 0 saturated heterocycles. The zero-order valence-corrected chi connectivity index (χ0v) is 11.6. The minimum Gasteiger partial charge on any atom is -0.399 e. The van der Waals surface area contributed by atoms with Crippen molar-refractivity contribution in [2.75, 3.05) is 11.5 Å². The van der Waals surface area contributed by atoms with Crippen molar-refractivity contribution < 1.29 is 0 Å².